The highest BCUT2D eigenvalue weighted by molar-refractivity contribution is 6.12. The number of para-hydroxylation sites is 2. The van der Waals surface area contributed by atoms with Crippen LogP contribution >= 0.6 is 0 Å². The fourth-order valence-corrected chi connectivity index (χ4v) is 4.93. The highest BCUT2D eigenvalue weighted by Crippen LogP contribution is 2.33. The van der Waals surface area contributed by atoms with Crippen LogP contribution in [-0.2, 0) is 17.6 Å². The number of fused-ring (bicyclic) bond motifs is 3. The first kappa shape index (κ1) is 20.4. The molecule has 2 aromatic heterocycles. The van der Waals surface area contributed by atoms with Crippen LogP contribution in [0.1, 0.15) is 50.1 Å². The van der Waals surface area contributed by atoms with E-state index in [-0.39, 0.29) is 5.78 Å². The van der Waals surface area contributed by atoms with Crippen LogP contribution in [0, 0.1) is 0 Å². The Kier molecular flexibility index (Phi) is 4.95. The number of H-pyrrole nitrogens is 1. The number of ketones is 1. The number of nitrogens with zero attached hydrogens (tertiary/aromatic N) is 1. The molecular formula is C29H22N2O3. The number of Topliss-reactive ketones (excluding diaryl/α,β-unsaturated/α-hetero) is 1. The molecule has 1 N–H and O–H groups in total. The second kappa shape index (κ2) is 8.27. The Hall–Kier alpha value is -4.25. The summed E-state index contributed by atoms with van der Waals surface area (Å²) >= 11 is 0. The molecule has 1 unspecified atom stereocenters. The number of ether oxygens (including phenoxy) is 1. The Morgan fingerprint density at radius 3 is 2.44 bits per heavy atom. The number of carbonyl (C=O) groups excluding carboxylic acids is 2. The molecule has 2 heterocycles. The van der Waals surface area contributed by atoms with E-state index in [1.165, 1.54) is 0 Å². The van der Waals surface area contributed by atoms with E-state index in [9.17, 15) is 9.59 Å². The van der Waals surface area contributed by atoms with E-state index in [1.807, 2.05) is 78.9 Å². The van der Waals surface area contributed by atoms with Gasteiger partial charge >= 0.3 is 5.97 Å². The summed E-state index contributed by atoms with van der Waals surface area (Å²) in [5.74, 6) is -0.745. The molecule has 34 heavy (non-hydrogen) atoms. The van der Waals surface area contributed by atoms with E-state index in [0.717, 1.165) is 52.3 Å². The molecule has 5 nitrogen and oxygen atoms in total. The lowest BCUT2D eigenvalue weighted by atomic mass is 9.98. The van der Waals surface area contributed by atoms with Gasteiger partial charge in [0.25, 0.3) is 0 Å². The third-order valence-corrected chi connectivity index (χ3v) is 6.54. The SMILES string of the molecule is O=C(OC(C(=O)c1c[nH]c2ccccc12)c1ccccc1)c1c2c(nc3ccccc13)CCC2. The van der Waals surface area contributed by atoms with Crippen LogP contribution in [0.5, 0.6) is 0 Å². The Balaban J connectivity index is 1.45. The average molecular weight is 447 g/mol. The number of nitrogens with one attached hydrogen (secondary N) is 1. The largest absolute Gasteiger partial charge is 0.445 e. The van der Waals surface area contributed by atoms with Crippen molar-refractivity contribution in [2.45, 2.75) is 25.4 Å². The summed E-state index contributed by atoms with van der Waals surface area (Å²) in [6.07, 6.45) is 3.21. The Morgan fingerprint density at radius 1 is 0.853 bits per heavy atom. The average Bonchev–Trinajstić information content (AvgIpc) is 3.52. The molecule has 0 spiro atoms. The standard InChI is InChI=1S/C29H22N2O3/c32-27(22-17-30-23-14-6-4-11-19(22)23)28(18-9-2-1-3-10-18)34-29(33)26-20-12-5-7-15-24(20)31-25-16-8-13-21(25)26/h1-7,9-12,14-15,17,28,30H,8,13,16H2. The lowest BCUT2D eigenvalue weighted by Crippen LogP contribution is -2.21. The number of benzene rings is 3. The normalized spacial score (nSPS) is 13.6. The number of aromatic nitrogens is 2. The highest BCUT2D eigenvalue weighted by atomic mass is 16.5. The monoisotopic (exact) mass is 446 g/mol. The third-order valence-electron chi connectivity index (χ3n) is 6.54. The number of rotatable bonds is 5. The van der Waals surface area contributed by atoms with Crippen molar-refractivity contribution >= 4 is 33.6 Å². The van der Waals surface area contributed by atoms with Gasteiger partial charge in [0, 0.05) is 39.3 Å². The minimum Gasteiger partial charge on any atom is -0.445 e. The van der Waals surface area contributed by atoms with Gasteiger partial charge in [0.05, 0.1) is 11.1 Å². The molecule has 0 fully saturated rings. The smallest absolute Gasteiger partial charge is 0.340 e. The topological polar surface area (TPSA) is 72.1 Å². The summed E-state index contributed by atoms with van der Waals surface area (Å²) < 4.78 is 6.06. The molecule has 0 aliphatic heterocycles. The van der Waals surface area contributed by atoms with Gasteiger partial charge in [0.1, 0.15) is 0 Å². The number of aromatic amines is 1. The van der Waals surface area contributed by atoms with Crippen molar-refractivity contribution in [3.05, 3.63) is 113 Å². The fourth-order valence-electron chi connectivity index (χ4n) is 4.93. The quantitative estimate of drug-likeness (QED) is 0.266. The molecule has 5 aromatic rings. The molecule has 1 atom stereocenters. The highest BCUT2D eigenvalue weighted by Gasteiger charge is 2.31. The van der Waals surface area contributed by atoms with Crippen LogP contribution in [0.15, 0.2) is 85.1 Å². The molecule has 6 rings (SSSR count). The predicted octanol–water partition coefficient (Wildman–Crippen LogP) is 5.99. The van der Waals surface area contributed by atoms with Crippen LogP contribution in [0.3, 0.4) is 0 Å². The van der Waals surface area contributed by atoms with Crippen LogP contribution in [0.2, 0.25) is 0 Å². The summed E-state index contributed by atoms with van der Waals surface area (Å²) in [5.41, 5.74) is 5.20. The number of hydrogen-bond donors (Lipinski definition) is 1. The van der Waals surface area contributed by atoms with Crippen molar-refractivity contribution in [2.24, 2.45) is 0 Å². The van der Waals surface area contributed by atoms with Gasteiger partial charge in [-0.3, -0.25) is 9.78 Å². The summed E-state index contributed by atoms with van der Waals surface area (Å²) in [6, 6.07) is 24.5. The lowest BCUT2D eigenvalue weighted by molar-refractivity contribution is 0.0281. The Labute approximate surface area is 196 Å². The van der Waals surface area contributed by atoms with Crippen LogP contribution in [0.4, 0.5) is 0 Å². The van der Waals surface area contributed by atoms with Gasteiger partial charge in [-0.1, -0.05) is 66.7 Å². The van der Waals surface area contributed by atoms with Crippen molar-refractivity contribution in [1.82, 2.24) is 9.97 Å². The first-order chi connectivity index (χ1) is 16.7. The molecule has 0 amide bonds. The van der Waals surface area contributed by atoms with Gasteiger partial charge < -0.3 is 9.72 Å². The maximum Gasteiger partial charge on any atom is 0.340 e. The molecule has 3 aromatic carbocycles. The molecule has 0 saturated carbocycles. The summed E-state index contributed by atoms with van der Waals surface area (Å²) in [4.78, 5) is 35.4. The molecule has 5 heteroatoms. The lowest BCUT2D eigenvalue weighted by Gasteiger charge is -2.19. The van der Waals surface area contributed by atoms with Crippen molar-refractivity contribution in [3.63, 3.8) is 0 Å². The Bertz CT molecular complexity index is 1550. The van der Waals surface area contributed by atoms with Crippen LogP contribution in [-0.4, -0.2) is 21.7 Å². The van der Waals surface area contributed by atoms with Crippen LogP contribution < -0.4 is 0 Å². The zero-order chi connectivity index (χ0) is 23.1. The van der Waals surface area contributed by atoms with Crippen molar-refractivity contribution in [3.8, 4) is 0 Å². The zero-order valence-corrected chi connectivity index (χ0v) is 18.5. The van der Waals surface area contributed by atoms with Gasteiger partial charge in [-0.15, -0.1) is 0 Å². The Morgan fingerprint density at radius 2 is 1.59 bits per heavy atom. The van der Waals surface area contributed by atoms with Gasteiger partial charge in [-0.05, 0) is 37.0 Å². The molecule has 1 aliphatic rings. The second-order valence-electron chi connectivity index (χ2n) is 8.59. The molecule has 0 bridgehead atoms. The summed E-state index contributed by atoms with van der Waals surface area (Å²) in [6.45, 7) is 0. The van der Waals surface area contributed by atoms with Crippen molar-refractivity contribution in [2.75, 3.05) is 0 Å². The second-order valence-corrected chi connectivity index (χ2v) is 8.59. The van der Waals surface area contributed by atoms with E-state index in [1.54, 1.807) is 6.20 Å². The minimum absolute atomic E-state index is 0.257. The maximum atomic E-state index is 13.8. The third kappa shape index (κ3) is 3.37. The first-order valence-electron chi connectivity index (χ1n) is 11.5. The summed E-state index contributed by atoms with van der Waals surface area (Å²) in [7, 11) is 0. The fraction of sp³-hybridized carbons (Fsp3) is 0.138. The van der Waals surface area contributed by atoms with Gasteiger partial charge in [0.2, 0.25) is 5.78 Å². The maximum absolute atomic E-state index is 13.8. The molecule has 0 saturated heterocycles. The van der Waals surface area contributed by atoms with E-state index >= 15 is 0 Å². The van der Waals surface area contributed by atoms with E-state index < -0.39 is 12.1 Å². The van der Waals surface area contributed by atoms with E-state index in [4.69, 9.17) is 9.72 Å². The van der Waals surface area contributed by atoms with Crippen molar-refractivity contribution in [1.29, 1.82) is 0 Å². The molecular weight excluding hydrogens is 424 g/mol. The van der Waals surface area contributed by atoms with E-state index in [2.05, 4.69) is 4.98 Å². The number of aryl methyl sites for hydroxylation is 1. The van der Waals surface area contributed by atoms with Crippen molar-refractivity contribution < 1.29 is 14.3 Å². The van der Waals surface area contributed by atoms with E-state index in [0.29, 0.717) is 16.7 Å². The molecule has 0 radical (unpaired) electrons. The minimum atomic E-state index is -1.06. The predicted molar refractivity (Wildman–Crippen MR) is 131 cm³/mol. The van der Waals surface area contributed by atoms with Crippen LogP contribution in [0.25, 0.3) is 21.8 Å². The number of esters is 1. The summed E-state index contributed by atoms with van der Waals surface area (Å²) in [5, 5.41) is 1.57. The zero-order valence-electron chi connectivity index (χ0n) is 18.5. The molecule has 166 valence electrons. The van der Waals surface area contributed by atoms with Gasteiger partial charge in [0.15, 0.2) is 6.10 Å². The number of hydrogen-bond acceptors (Lipinski definition) is 4. The van der Waals surface area contributed by atoms with Gasteiger partial charge in [-0.25, -0.2) is 4.79 Å². The van der Waals surface area contributed by atoms with Gasteiger partial charge in [-0.2, -0.15) is 0 Å². The number of pyridine rings is 1. The number of carbonyl (C=O) groups is 2. The molecule has 1 aliphatic carbocycles. The first-order valence-corrected chi connectivity index (χ1v) is 11.5.